The van der Waals surface area contributed by atoms with Crippen LogP contribution >= 0.6 is 0 Å². The number of rotatable bonds is 4. The lowest BCUT2D eigenvalue weighted by atomic mass is 9.96. The molecule has 21 heavy (non-hydrogen) atoms. The van der Waals surface area contributed by atoms with Gasteiger partial charge in [0.25, 0.3) is 0 Å². The first-order valence-electron chi connectivity index (χ1n) is 6.88. The summed E-state index contributed by atoms with van der Waals surface area (Å²) in [5, 5.41) is 5.00. The molecule has 0 amide bonds. The Morgan fingerprint density at radius 3 is 1.95 bits per heavy atom. The van der Waals surface area contributed by atoms with Gasteiger partial charge in [-0.2, -0.15) is 4.31 Å². The molecule has 1 heterocycles. The molecule has 0 spiro atoms. The zero-order chi connectivity index (χ0) is 15.7. The van der Waals surface area contributed by atoms with E-state index in [9.17, 15) is 16.8 Å². The molecule has 1 fully saturated rings. The lowest BCUT2D eigenvalue weighted by molar-refractivity contribution is 0.269. The summed E-state index contributed by atoms with van der Waals surface area (Å²) in [6, 6.07) is 5.03. The minimum atomic E-state index is -3.81. The average Bonchev–Trinajstić information content (AvgIpc) is 2.46. The Labute approximate surface area is 126 Å². The van der Waals surface area contributed by atoms with Gasteiger partial charge in [0.1, 0.15) is 0 Å². The number of sulfonamides is 2. The standard InChI is InChI=1S/C13H20N2O4S2/c1-2-11-7-9-15(10-8-11)21(18,19)13-5-3-12(4-6-13)20(14,16)17/h3-6,11H,2,7-10H2,1H3,(H2,14,16,17). The Morgan fingerprint density at radius 1 is 1.05 bits per heavy atom. The lowest BCUT2D eigenvalue weighted by Gasteiger charge is -2.30. The van der Waals surface area contributed by atoms with Gasteiger partial charge >= 0.3 is 0 Å². The van der Waals surface area contributed by atoms with Crippen molar-refractivity contribution in [1.82, 2.24) is 4.31 Å². The minimum absolute atomic E-state index is 0.0915. The van der Waals surface area contributed by atoms with Crippen LogP contribution in [0.15, 0.2) is 34.1 Å². The first-order chi connectivity index (χ1) is 9.75. The largest absolute Gasteiger partial charge is 0.243 e. The molecular weight excluding hydrogens is 312 g/mol. The van der Waals surface area contributed by atoms with Crippen molar-refractivity contribution in [3.05, 3.63) is 24.3 Å². The highest BCUT2D eigenvalue weighted by molar-refractivity contribution is 7.89. The van der Waals surface area contributed by atoms with Crippen LogP contribution in [-0.2, 0) is 20.0 Å². The molecule has 1 saturated heterocycles. The van der Waals surface area contributed by atoms with Crippen LogP contribution in [-0.4, -0.2) is 34.2 Å². The quantitative estimate of drug-likeness (QED) is 0.894. The maximum atomic E-state index is 12.5. The number of primary sulfonamides is 1. The summed E-state index contributed by atoms with van der Waals surface area (Å²) in [4.78, 5) is 0.0102. The van der Waals surface area contributed by atoms with Crippen LogP contribution in [0.3, 0.4) is 0 Å². The van der Waals surface area contributed by atoms with E-state index in [0.717, 1.165) is 19.3 Å². The Kier molecular flexibility index (Phi) is 4.72. The maximum absolute atomic E-state index is 12.5. The predicted octanol–water partition coefficient (Wildman–Crippen LogP) is 1.14. The van der Waals surface area contributed by atoms with E-state index in [0.29, 0.717) is 19.0 Å². The Hall–Kier alpha value is -0.960. The number of piperidine rings is 1. The molecule has 1 aromatic rings. The van der Waals surface area contributed by atoms with Gasteiger partial charge in [-0.15, -0.1) is 0 Å². The van der Waals surface area contributed by atoms with Crippen molar-refractivity contribution in [3.8, 4) is 0 Å². The molecule has 0 bridgehead atoms. The highest BCUT2D eigenvalue weighted by atomic mass is 32.2. The zero-order valence-corrected chi connectivity index (χ0v) is 13.5. The van der Waals surface area contributed by atoms with Crippen LogP contribution in [0.1, 0.15) is 26.2 Å². The SMILES string of the molecule is CCC1CCN(S(=O)(=O)c2ccc(S(N)(=O)=O)cc2)CC1. The minimum Gasteiger partial charge on any atom is -0.225 e. The van der Waals surface area contributed by atoms with Crippen LogP contribution in [0, 0.1) is 5.92 Å². The number of hydrogen-bond donors (Lipinski definition) is 1. The third-order valence-corrected chi connectivity index (χ3v) is 6.78. The van der Waals surface area contributed by atoms with Gasteiger partial charge in [0, 0.05) is 13.1 Å². The van der Waals surface area contributed by atoms with E-state index < -0.39 is 20.0 Å². The summed E-state index contributed by atoms with van der Waals surface area (Å²) < 4.78 is 48.8. The van der Waals surface area contributed by atoms with Crippen LogP contribution in [0.4, 0.5) is 0 Å². The summed E-state index contributed by atoms with van der Waals surface area (Å²) in [5.74, 6) is 0.584. The van der Waals surface area contributed by atoms with E-state index in [-0.39, 0.29) is 9.79 Å². The molecule has 0 aliphatic carbocycles. The van der Waals surface area contributed by atoms with Gasteiger partial charge in [-0.1, -0.05) is 13.3 Å². The third kappa shape index (κ3) is 3.63. The second-order valence-corrected chi connectivity index (χ2v) is 8.77. The van der Waals surface area contributed by atoms with E-state index >= 15 is 0 Å². The molecule has 1 aliphatic heterocycles. The fraction of sp³-hybridized carbons (Fsp3) is 0.538. The Bertz CT molecular complexity index is 688. The lowest BCUT2D eigenvalue weighted by Crippen LogP contribution is -2.38. The van der Waals surface area contributed by atoms with Crippen molar-refractivity contribution in [1.29, 1.82) is 0 Å². The number of benzene rings is 1. The monoisotopic (exact) mass is 332 g/mol. The van der Waals surface area contributed by atoms with Gasteiger partial charge in [-0.25, -0.2) is 22.0 Å². The molecule has 8 heteroatoms. The average molecular weight is 332 g/mol. The molecule has 0 aromatic heterocycles. The van der Waals surface area contributed by atoms with Gasteiger partial charge in [-0.3, -0.25) is 0 Å². The van der Waals surface area contributed by atoms with Crippen LogP contribution in [0.2, 0.25) is 0 Å². The summed E-state index contributed by atoms with van der Waals surface area (Å²) in [6.45, 7) is 3.14. The van der Waals surface area contributed by atoms with E-state index in [4.69, 9.17) is 5.14 Å². The van der Waals surface area contributed by atoms with Crippen molar-refractivity contribution in [2.45, 2.75) is 36.0 Å². The van der Waals surface area contributed by atoms with Gasteiger partial charge in [-0.05, 0) is 43.0 Å². The second-order valence-electron chi connectivity index (χ2n) is 5.27. The highest BCUT2D eigenvalue weighted by Crippen LogP contribution is 2.25. The van der Waals surface area contributed by atoms with E-state index in [1.165, 1.54) is 28.6 Å². The summed E-state index contributed by atoms with van der Waals surface area (Å²) in [7, 11) is -7.37. The zero-order valence-electron chi connectivity index (χ0n) is 11.9. The van der Waals surface area contributed by atoms with Crippen molar-refractivity contribution < 1.29 is 16.8 Å². The Morgan fingerprint density at radius 2 is 1.52 bits per heavy atom. The second kappa shape index (κ2) is 6.04. The summed E-state index contributed by atoms with van der Waals surface area (Å²) in [6.07, 6.45) is 2.80. The number of hydrogen-bond acceptors (Lipinski definition) is 4. The highest BCUT2D eigenvalue weighted by Gasteiger charge is 2.28. The van der Waals surface area contributed by atoms with Crippen molar-refractivity contribution in [3.63, 3.8) is 0 Å². The topological polar surface area (TPSA) is 97.5 Å². The molecule has 1 aliphatic rings. The number of nitrogens with two attached hydrogens (primary N) is 1. The third-order valence-electron chi connectivity index (χ3n) is 3.94. The van der Waals surface area contributed by atoms with Gasteiger partial charge < -0.3 is 0 Å². The van der Waals surface area contributed by atoms with E-state index in [1.54, 1.807) is 0 Å². The predicted molar refractivity (Wildman–Crippen MR) is 79.6 cm³/mol. The molecule has 0 unspecified atom stereocenters. The van der Waals surface area contributed by atoms with Crippen LogP contribution < -0.4 is 5.14 Å². The molecule has 2 rings (SSSR count). The number of nitrogens with zero attached hydrogens (tertiary/aromatic N) is 1. The molecule has 2 N–H and O–H groups in total. The van der Waals surface area contributed by atoms with Crippen LogP contribution in [0.5, 0.6) is 0 Å². The van der Waals surface area contributed by atoms with Crippen molar-refractivity contribution in [2.75, 3.05) is 13.1 Å². The van der Waals surface area contributed by atoms with Gasteiger partial charge in [0.2, 0.25) is 20.0 Å². The molecule has 6 nitrogen and oxygen atoms in total. The molecule has 0 saturated carbocycles. The first-order valence-corrected chi connectivity index (χ1v) is 9.87. The van der Waals surface area contributed by atoms with Gasteiger partial charge in [0.05, 0.1) is 9.79 Å². The summed E-state index contributed by atoms with van der Waals surface area (Å²) >= 11 is 0. The van der Waals surface area contributed by atoms with E-state index in [2.05, 4.69) is 6.92 Å². The smallest absolute Gasteiger partial charge is 0.225 e. The fourth-order valence-corrected chi connectivity index (χ4v) is 4.49. The van der Waals surface area contributed by atoms with Crippen LogP contribution in [0.25, 0.3) is 0 Å². The maximum Gasteiger partial charge on any atom is 0.243 e. The van der Waals surface area contributed by atoms with Crippen molar-refractivity contribution >= 4 is 20.0 Å². The van der Waals surface area contributed by atoms with E-state index in [1.807, 2.05) is 0 Å². The normalized spacial score (nSPS) is 18.8. The fourth-order valence-electron chi connectivity index (χ4n) is 2.51. The first kappa shape index (κ1) is 16.4. The molecule has 1 aromatic carbocycles. The molecule has 118 valence electrons. The van der Waals surface area contributed by atoms with Crippen molar-refractivity contribution in [2.24, 2.45) is 11.1 Å². The molecule has 0 radical (unpaired) electrons. The molecule has 0 atom stereocenters. The Balaban J connectivity index is 2.21. The molecular formula is C13H20N2O4S2. The summed E-state index contributed by atoms with van der Waals surface area (Å²) in [5.41, 5.74) is 0. The van der Waals surface area contributed by atoms with Gasteiger partial charge in [0.15, 0.2) is 0 Å².